The van der Waals surface area contributed by atoms with E-state index < -0.39 is 4.92 Å². The van der Waals surface area contributed by atoms with Crippen molar-refractivity contribution in [2.75, 3.05) is 24.8 Å². The number of nitrogen functional groups attached to an aromatic ring is 1. The molecule has 1 aromatic rings. The minimum Gasteiger partial charge on any atom is -0.383 e. The lowest BCUT2D eigenvalue weighted by Gasteiger charge is -2.13. The average molecular weight is 227 g/mol. The predicted molar refractivity (Wildman–Crippen MR) is 58.1 cm³/mol. The van der Waals surface area contributed by atoms with Crippen LogP contribution in [-0.2, 0) is 4.74 Å². The SMILES string of the molecule is COC[C@@H](C)Nc1ncnc(N)c1[N+](=O)[O-]. The molecule has 0 aromatic carbocycles. The van der Waals surface area contributed by atoms with Crippen molar-refractivity contribution < 1.29 is 9.66 Å². The summed E-state index contributed by atoms with van der Waals surface area (Å²) in [5, 5.41) is 13.6. The van der Waals surface area contributed by atoms with Crippen LogP contribution in [0, 0.1) is 10.1 Å². The number of nitro groups is 1. The molecular formula is C8H13N5O3. The number of nitrogens with zero attached hydrogens (tertiary/aromatic N) is 3. The molecule has 1 aromatic heterocycles. The third kappa shape index (κ3) is 2.76. The Bertz CT molecular complexity index is 384. The minimum absolute atomic E-state index is 0.0991. The van der Waals surface area contributed by atoms with Crippen molar-refractivity contribution in [1.82, 2.24) is 9.97 Å². The van der Waals surface area contributed by atoms with Crippen molar-refractivity contribution in [3.05, 3.63) is 16.4 Å². The zero-order valence-electron chi connectivity index (χ0n) is 9.01. The second-order valence-electron chi connectivity index (χ2n) is 3.21. The maximum absolute atomic E-state index is 10.8. The summed E-state index contributed by atoms with van der Waals surface area (Å²) in [6.45, 7) is 2.21. The van der Waals surface area contributed by atoms with Gasteiger partial charge in [0, 0.05) is 13.2 Å². The fourth-order valence-electron chi connectivity index (χ4n) is 1.20. The molecule has 1 rings (SSSR count). The molecule has 0 saturated heterocycles. The lowest BCUT2D eigenvalue weighted by molar-refractivity contribution is -0.383. The molecule has 3 N–H and O–H groups in total. The van der Waals surface area contributed by atoms with Crippen LogP contribution in [0.2, 0.25) is 0 Å². The van der Waals surface area contributed by atoms with E-state index in [1.165, 1.54) is 6.33 Å². The highest BCUT2D eigenvalue weighted by molar-refractivity contribution is 5.67. The normalized spacial score (nSPS) is 12.1. The van der Waals surface area contributed by atoms with Crippen LogP contribution in [0.1, 0.15) is 6.92 Å². The van der Waals surface area contributed by atoms with Crippen LogP contribution >= 0.6 is 0 Å². The predicted octanol–water partition coefficient (Wildman–Crippen LogP) is 0.414. The van der Waals surface area contributed by atoms with Gasteiger partial charge in [-0.25, -0.2) is 9.97 Å². The Morgan fingerprint density at radius 2 is 2.38 bits per heavy atom. The first kappa shape index (κ1) is 12.1. The largest absolute Gasteiger partial charge is 0.383 e. The number of anilines is 2. The van der Waals surface area contributed by atoms with Crippen molar-refractivity contribution in [3.63, 3.8) is 0 Å². The van der Waals surface area contributed by atoms with Gasteiger partial charge in [0.05, 0.1) is 11.5 Å². The van der Waals surface area contributed by atoms with Crippen LogP contribution in [0.25, 0.3) is 0 Å². The molecule has 8 heteroatoms. The first-order valence-corrected chi connectivity index (χ1v) is 4.56. The van der Waals surface area contributed by atoms with Crippen LogP contribution < -0.4 is 11.1 Å². The van der Waals surface area contributed by atoms with Gasteiger partial charge in [-0.2, -0.15) is 0 Å². The van der Waals surface area contributed by atoms with E-state index in [4.69, 9.17) is 10.5 Å². The molecule has 88 valence electrons. The van der Waals surface area contributed by atoms with Gasteiger partial charge in [-0.15, -0.1) is 0 Å². The van der Waals surface area contributed by atoms with Gasteiger partial charge in [-0.3, -0.25) is 10.1 Å². The Morgan fingerprint density at radius 3 is 2.94 bits per heavy atom. The van der Waals surface area contributed by atoms with Crippen molar-refractivity contribution >= 4 is 17.3 Å². The summed E-state index contributed by atoms with van der Waals surface area (Å²) in [6.07, 6.45) is 1.17. The molecule has 0 amide bonds. The van der Waals surface area contributed by atoms with E-state index in [9.17, 15) is 10.1 Å². The fourth-order valence-corrected chi connectivity index (χ4v) is 1.20. The van der Waals surface area contributed by atoms with Crippen molar-refractivity contribution in [1.29, 1.82) is 0 Å². The van der Waals surface area contributed by atoms with Gasteiger partial charge in [0.25, 0.3) is 0 Å². The average Bonchev–Trinajstić information content (AvgIpc) is 2.17. The summed E-state index contributed by atoms with van der Waals surface area (Å²) in [7, 11) is 1.54. The molecule has 1 heterocycles. The number of hydrogen-bond donors (Lipinski definition) is 2. The van der Waals surface area contributed by atoms with E-state index in [0.717, 1.165) is 0 Å². The van der Waals surface area contributed by atoms with Gasteiger partial charge >= 0.3 is 5.69 Å². The third-order valence-electron chi connectivity index (χ3n) is 1.83. The number of nitrogens with two attached hydrogens (primary N) is 1. The quantitative estimate of drug-likeness (QED) is 0.552. The third-order valence-corrected chi connectivity index (χ3v) is 1.83. The molecule has 0 radical (unpaired) electrons. The Hall–Kier alpha value is -1.96. The standard InChI is InChI=1S/C8H13N5O3/c1-5(3-16-2)12-8-6(13(14)15)7(9)10-4-11-8/h4-5H,3H2,1-2H3,(H3,9,10,11,12)/t5-/m1/s1. The fraction of sp³-hybridized carbons (Fsp3) is 0.500. The van der Waals surface area contributed by atoms with E-state index in [0.29, 0.717) is 6.61 Å². The second-order valence-corrected chi connectivity index (χ2v) is 3.21. The number of methoxy groups -OCH3 is 1. The zero-order chi connectivity index (χ0) is 12.1. The summed E-state index contributed by atoms with van der Waals surface area (Å²) < 4.78 is 4.90. The summed E-state index contributed by atoms with van der Waals surface area (Å²) in [5.41, 5.74) is 5.09. The Morgan fingerprint density at radius 1 is 1.69 bits per heavy atom. The Kier molecular flexibility index (Phi) is 3.95. The van der Waals surface area contributed by atoms with Crippen molar-refractivity contribution in [2.24, 2.45) is 0 Å². The van der Waals surface area contributed by atoms with Gasteiger partial charge < -0.3 is 15.8 Å². The highest BCUT2D eigenvalue weighted by atomic mass is 16.6. The molecule has 16 heavy (non-hydrogen) atoms. The smallest absolute Gasteiger partial charge is 0.352 e. The van der Waals surface area contributed by atoms with Crippen molar-refractivity contribution in [2.45, 2.75) is 13.0 Å². The monoisotopic (exact) mass is 227 g/mol. The van der Waals surface area contributed by atoms with Crippen LogP contribution in [-0.4, -0.2) is 34.6 Å². The number of hydrogen-bond acceptors (Lipinski definition) is 7. The minimum atomic E-state index is -0.614. The van der Waals surface area contributed by atoms with Crippen LogP contribution in [0.15, 0.2) is 6.33 Å². The van der Waals surface area contributed by atoms with E-state index in [2.05, 4.69) is 15.3 Å². The van der Waals surface area contributed by atoms with Crippen molar-refractivity contribution in [3.8, 4) is 0 Å². The molecule has 0 aliphatic rings. The summed E-state index contributed by atoms with van der Waals surface area (Å²) >= 11 is 0. The Balaban J connectivity index is 2.95. The molecule has 0 bridgehead atoms. The molecule has 0 spiro atoms. The maximum atomic E-state index is 10.8. The first-order valence-electron chi connectivity index (χ1n) is 4.56. The molecule has 0 fully saturated rings. The van der Waals surface area contributed by atoms with Gasteiger partial charge in [-0.05, 0) is 6.92 Å². The Labute approximate surface area is 92.0 Å². The van der Waals surface area contributed by atoms with E-state index in [1.807, 2.05) is 6.92 Å². The summed E-state index contributed by atoms with van der Waals surface area (Å²) in [6, 6.07) is -0.113. The molecule has 0 unspecified atom stereocenters. The van der Waals surface area contributed by atoms with Gasteiger partial charge in [0.1, 0.15) is 6.33 Å². The topological polar surface area (TPSA) is 116 Å². The first-order chi connectivity index (χ1) is 7.56. The molecule has 0 aliphatic heterocycles. The molecule has 0 aliphatic carbocycles. The number of ether oxygens (including phenoxy) is 1. The van der Waals surface area contributed by atoms with E-state index in [1.54, 1.807) is 7.11 Å². The maximum Gasteiger partial charge on any atom is 0.352 e. The molecular weight excluding hydrogens is 214 g/mol. The van der Waals surface area contributed by atoms with E-state index >= 15 is 0 Å². The van der Waals surface area contributed by atoms with Gasteiger partial charge in [-0.1, -0.05) is 0 Å². The lowest BCUT2D eigenvalue weighted by Crippen LogP contribution is -2.22. The van der Waals surface area contributed by atoms with Gasteiger partial charge in [0.15, 0.2) is 0 Å². The molecule has 1 atom stereocenters. The van der Waals surface area contributed by atoms with Crippen LogP contribution in [0.5, 0.6) is 0 Å². The number of nitrogens with one attached hydrogen (secondary N) is 1. The molecule has 0 saturated carbocycles. The highest BCUT2D eigenvalue weighted by Gasteiger charge is 2.21. The van der Waals surface area contributed by atoms with E-state index in [-0.39, 0.29) is 23.4 Å². The second kappa shape index (κ2) is 5.21. The number of aromatic nitrogens is 2. The molecule has 8 nitrogen and oxygen atoms in total. The summed E-state index contributed by atoms with van der Waals surface area (Å²) in [5.74, 6) is -0.0610. The zero-order valence-corrected chi connectivity index (χ0v) is 9.01. The summed E-state index contributed by atoms with van der Waals surface area (Å²) in [4.78, 5) is 17.5. The van der Waals surface area contributed by atoms with Crippen LogP contribution in [0.4, 0.5) is 17.3 Å². The number of rotatable bonds is 5. The van der Waals surface area contributed by atoms with Crippen LogP contribution in [0.3, 0.4) is 0 Å². The lowest BCUT2D eigenvalue weighted by atomic mass is 10.3. The van der Waals surface area contributed by atoms with Gasteiger partial charge in [0.2, 0.25) is 11.6 Å². The highest BCUT2D eigenvalue weighted by Crippen LogP contribution is 2.26.